The molecule has 0 atom stereocenters. The molecule has 104 valence electrons. The first-order chi connectivity index (χ1) is 8.98. The van der Waals surface area contributed by atoms with Crippen molar-refractivity contribution in [2.24, 2.45) is 0 Å². The van der Waals surface area contributed by atoms with Crippen LogP contribution in [0.3, 0.4) is 0 Å². The largest absolute Gasteiger partial charge is 0.384 e. The predicted octanol–water partition coefficient (Wildman–Crippen LogP) is 0.727. The van der Waals surface area contributed by atoms with E-state index in [1.807, 2.05) is 6.92 Å². The highest BCUT2D eigenvalue weighted by atomic mass is 32.2. The Morgan fingerprint density at radius 3 is 2.79 bits per heavy atom. The number of benzene rings is 1. The molecular weight excluding hydrogens is 266 g/mol. The second-order valence-electron chi connectivity index (χ2n) is 3.92. The summed E-state index contributed by atoms with van der Waals surface area (Å²) in [4.78, 5) is 0. The number of aliphatic hydroxyl groups is 1. The van der Waals surface area contributed by atoms with Crippen molar-refractivity contribution in [3.05, 3.63) is 29.3 Å². The summed E-state index contributed by atoms with van der Waals surface area (Å²) < 4.78 is 30.8. The van der Waals surface area contributed by atoms with E-state index in [0.717, 1.165) is 5.56 Å². The van der Waals surface area contributed by atoms with Gasteiger partial charge < -0.3 is 9.84 Å². The van der Waals surface area contributed by atoms with Gasteiger partial charge >= 0.3 is 0 Å². The molecule has 0 bridgehead atoms. The quantitative estimate of drug-likeness (QED) is 0.781. The van der Waals surface area contributed by atoms with Gasteiger partial charge in [-0.3, -0.25) is 4.72 Å². The van der Waals surface area contributed by atoms with Gasteiger partial charge in [0.05, 0.1) is 18.0 Å². The van der Waals surface area contributed by atoms with Crippen LogP contribution in [0.5, 0.6) is 0 Å². The molecule has 1 rings (SSSR count). The summed E-state index contributed by atoms with van der Waals surface area (Å²) >= 11 is 0. The van der Waals surface area contributed by atoms with Crippen LogP contribution < -0.4 is 4.72 Å². The zero-order chi connectivity index (χ0) is 14.3. The van der Waals surface area contributed by atoms with Crippen molar-refractivity contribution in [1.82, 2.24) is 0 Å². The Kier molecular flexibility index (Phi) is 5.83. The Balaban J connectivity index is 3.00. The molecule has 0 aliphatic rings. The average Bonchev–Trinajstić information content (AvgIpc) is 2.36. The molecule has 2 N–H and O–H groups in total. The molecule has 0 heterocycles. The van der Waals surface area contributed by atoms with Crippen molar-refractivity contribution >= 4 is 15.7 Å². The minimum absolute atomic E-state index is 0.121. The Morgan fingerprint density at radius 2 is 2.16 bits per heavy atom. The van der Waals surface area contributed by atoms with Gasteiger partial charge in [-0.05, 0) is 24.6 Å². The van der Waals surface area contributed by atoms with E-state index in [2.05, 4.69) is 16.6 Å². The van der Waals surface area contributed by atoms with Crippen molar-refractivity contribution < 1.29 is 18.3 Å². The fourth-order valence-electron chi connectivity index (χ4n) is 1.40. The normalized spacial score (nSPS) is 10.7. The smallest absolute Gasteiger partial charge is 0.235 e. The van der Waals surface area contributed by atoms with Crippen LogP contribution in [-0.4, -0.2) is 39.6 Å². The summed E-state index contributed by atoms with van der Waals surface area (Å²) in [5.74, 6) is 5.11. The Bertz CT molecular complexity index is 584. The predicted molar refractivity (Wildman–Crippen MR) is 74.4 cm³/mol. The molecule has 0 spiro atoms. The number of aliphatic hydroxyl groups excluding tert-OH is 1. The van der Waals surface area contributed by atoms with E-state index in [1.54, 1.807) is 18.2 Å². The zero-order valence-electron chi connectivity index (χ0n) is 10.9. The summed E-state index contributed by atoms with van der Waals surface area (Å²) in [6, 6.07) is 5.20. The third-order valence-corrected chi connectivity index (χ3v) is 3.53. The van der Waals surface area contributed by atoms with E-state index >= 15 is 0 Å². The number of rotatable bonds is 5. The number of hydrogen-bond donors (Lipinski definition) is 2. The van der Waals surface area contributed by atoms with Gasteiger partial charge in [0.25, 0.3) is 0 Å². The van der Waals surface area contributed by atoms with Gasteiger partial charge in [-0.15, -0.1) is 0 Å². The van der Waals surface area contributed by atoms with E-state index < -0.39 is 10.0 Å². The first kappa shape index (κ1) is 15.5. The SMILES string of the molecule is COCCS(=O)(=O)Nc1ccc(C)cc1C#CCO. The van der Waals surface area contributed by atoms with Gasteiger partial charge in [0.1, 0.15) is 6.61 Å². The maximum atomic E-state index is 11.8. The molecule has 0 amide bonds. The molecule has 0 radical (unpaired) electrons. The molecule has 0 saturated carbocycles. The van der Waals surface area contributed by atoms with Gasteiger partial charge in [0.15, 0.2) is 0 Å². The van der Waals surface area contributed by atoms with Gasteiger partial charge in [0.2, 0.25) is 10.0 Å². The van der Waals surface area contributed by atoms with Gasteiger partial charge in [-0.2, -0.15) is 0 Å². The summed E-state index contributed by atoms with van der Waals surface area (Å²) in [5.41, 5.74) is 1.90. The van der Waals surface area contributed by atoms with E-state index in [0.29, 0.717) is 11.3 Å². The van der Waals surface area contributed by atoms with Crippen LogP contribution in [0.2, 0.25) is 0 Å². The summed E-state index contributed by atoms with van der Waals surface area (Å²) in [5, 5.41) is 8.71. The van der Waals surface area contributed by atoms with E-state index in [-0.39, 0.29) is 19.0 Å². The van der Waals surface area contributed by atoms with Gasteiger partial charge in [-0.25, -0.2) is 8.42 Å². The summed E-state index contributed by atoms with van der Waals surface area (Å²) in [6.07, 6.45) is 0. The van der Waals surface area contributed by atoms with Crippen LogP contribution in [-0.2, 0) is 14.8 Å². The fraction of sp³-hybridized carbons (Fsp3) is 0.385. The molecule has 1 aromatic rings. The first-order valence-electron chi connectivity index (χ1n) is 5.68. The van der Waals surface area contributed by atoms with E-state index in [4.69, 9.17) is 9.84 Å². The zero-order valence-corrected chi connectivity index (χ0v) is 11.8. The molecule has 6 heteroatoms. The Hall–Kier alpha value is -1.55. The lowest BCUT2D eigenvalue weighted by molar-refractivity contribution is 0.217. The van der Waals surface area contributed by atoms with Crippen molar-refractivity contribution in [1.29, 1.82) is 0 Å². The van der Waals surface area contributed by atoms with Crippen LogP contribution in [0.4, 0.5) is 5.69 Å². The monoisotopic (exact) mass is 283 g/mol. The molecule has 0 aliphatic heterocycles. The van der Waals surface area contributed by atoms with E-state index in [9.17, 15) is 8.42 Å². The van der Waals surface area contributed by atoms with Crippen molar-refractivity contribution in [2.75, 3.05) is 30.8 Å². The standard InChI is InChI=1S/C13H17NO4S/c1-11-5-6-13(12(10-11)4-3-7-15)14-19(16,17)9-8-18-2/h5-6,10,14-15H,7-9H2,1-2H3. The average molecular weight is 283 g/mol. The third kappa shape index (κ3) is 5.30. The van der Waals surface area contributed by atoms with Crippen LogP contribution in [0.15, 0.2) is 18.2 Å². The lowest BCUT2D eigenvalue weighted by Gasteiger charge is -2.10. The Morgan fingerprint density at radius 1 is 1.42 bits per heavy atom. The molecule has 19 heavy (non-hydrogen) atoms. The minimum Gasteiger partial charge on any atom is -0.384 e. The van der Waals surface area contributed by atoms with Crippen molar-refractivity contribution in [2.45, 2.75) is 6.92 Å². The van der Waals surface area contributed by atoms with Gasteiger partial charge in [-0.1, -0.05) is 17.9 Å². The minimum atomic E-state index is -3.46. The van der Waals surface area contributed by atoms with Crippen LogP contribution in [0.1, 0.15) is 11.1 Å². The number of ether oxygens (including phenoxy) is 1. The van der Waals surface area contributed by atoms with Crippen LogP contribution in [0.25, 0.3) is 0 Å². The van der Waals surface area contributed by atoms with Crippen molar-refractivity contribution in [3.8, 4) is 11.8 Å². The molecule has 0 fully saturated rings. The highest BCUT2D eigenvalue weighted by Crippen LogP contribution is 2.17. The number of anilines is 1. The van der Waals surface area contributed by atoms with Crippen LogP contribution in [0, 0.1) is 18.8 Å². The lowest BCUT2D eigenvalue weighted by Crippen LogP contribution is -2.20. The number of aryl methyl sites for hydroxylation is 1. The van der Waals surface area contributed by atoms with Crippen molar-refractivity contribution in [3.63, 3.8) is 0 Å². The maximum Gasteiger partial charge on any atom is 0.235 e. The second-order valence-corrected chi connectivity index (χ2v) is 5.76. The molecule has 0 unspecified atom stereocenters. The van der Waals surface area contributed by atoms with Crippen LogP contribution >= 0.6 is 0 Å². The number of methoxy groups -OCH3 is 1. The van der Waals surface area contributed by atoms with E-state index in [1.165, 1.54) is 7.11 Å². The highest BCUT2D eigenvalue weighted by Gasteiger charge is 2.12. The third-order valence-electron chi connectivity index (χ3n) is 2.30. The summed E-state index contributed by atoms with van der Waals surface area (Å²) in [6.45, 7) is 1.73. The molecule has 5 nitrogen and oxygen atoms in total. The molecule has 0 aromatic heterocycles. The van der Waals surface area contributed by atoms with Gasteiger partial charge in [0, 0.05) is 12.7 Å². The highest BCUT2D eigenvalue weighted by molar-refractivity contribution is 7.92. The first-order valence-corrected chi connectivity index (χ1v) is 7.33. The molecule has 0 saturated heterocycles. The number of nitrogens with one attached hydrogen (secondary N) is 1. The Labute approximate surface area is 113 Å². The second kappa shape index (κ2) is 7.14. The molecule has 0 aliphatic carbocycles. The fourth-order valence-corrected chi connectivity index (χ4v) is 2.40. The molecule has 1 aromatic carbocycles. The maximum absolute atomic E-state index is 11.8. The molecular formula is C13H17NO4S. The summed E-state index contributed by atoms with van der Waals surface area (Å²) in [7, 11) is -2.02. The topological polar surface area (TPSA) is 75.6 Å². The number of hydrogen-bond acceptors (Lipinski definition) is 4. The lowest BCUT2D eigenvalue weighted by atomic mass is 10.1. The number of sulfonamides is 1.